The van der Waals surface area contributed by atoms with E-state index in [2.05, 4.69) is 20.7 Å². The molecule has 2 aromatic carbocycles. The highest BCUT2D eigenvalue weighted by Gasteiger charge is 2.22. The van der Waals surface area contributed by atoms with Gasteiger partial charge in [0.15, 0.2) is 0 Å². The van der Waals surface area contributed by atoms with Gasteiger partial charge in [-0.15, -0.1) is 10.2 Å². The van der Waals surface area contributed by atoms with Crippen LogP contribution in [0, 0.1) is 6.92 Å². The summed E-state index contributed by atoms with van der Waals surface area (Å²) in [5, 5.41) is 14.9. The quantitative estimate of drug-likeness (QED) is 0.626. The van der Waals surface area contributed by atoms with Crippen LogP contribution in [0.15, 0.2) is 54.6 Å². The summed E-state index contributed by atoms with van der Waals surface area (Å²) in [5.41, 5.74) is 2.78. The van der Waals surface area contributed by atoms with Gasteiger partial charge in [-0.2, -0.15) is 4.80 Å². The van der Waals surface area contributed by atoms with Crippen LogP contribution in [0.5, 0.6) is 0 Å². The van der Waals surface area contributed by atoms with Gasteiger partial charge < -0.3 is 10.1 Å². The standard InChI is InChI=1S/C20H21N5O3/c1-14-8-6-7-11-16(14)19-22-24-25(23-19)13-18(26)21-17(20(27)28-2)12-15-9-4-3-5-10-15/h3-11,17H,12-13H2,1-2H3,(H,21,26)/t17-/m1/s1. The van der Waals surface area contributed by atoms with Crippen molar-refractivity contribution in [1.82, 2.24) is 25.5 Å². The number of esters is 1. The van der Waals surface area contributed by atoms with Crippen LogP contribution >= 0.6 is 0 Å². The zero-order valence-electron chi connectivity index (χ0n) is 15.7. The second-order valence-electron chi connectivity index (χ2n) is 6.29. The molecule has 0 aliphatic carbocycles. The normalized spacial score (nSPS) is 11.6. The summed E-state index contributed by atoms with van der Waals surface area (Å²) in [6, 6.07) is 16.3. The molecule has 0 aliphatic rings. The van der Waals surface area contributed by atoms with Gasteiger partial charge in [0, 0.05) is 12.0 Å². The molecule has 0 radical (unpaired) electrons. The van der Waals surface area contributed by atoms with E-state index in [1.807, 2.05) is 61.5 Å². The van der Waals surface area contributed by atoms with Crippen molar-refractivity contribution in [3.8, 4) is 11.4 Å². The predicted octanol–water partition coefficient (Wildman–Crippen LogP) is 1.55. The van der Waals surface area contributed by atoms with Gasteiger partial charge >= 0.3 is 5.97 Å². The van der Waals surface area contributed by atoms with Crippen molar-refractivity contribution >= 4 is 11.9 Å². The van der Waals surface area contributed by atoms with Crippen molar-refractivity contribution in [2.45, 2.75) is 25.9 Å². The number of aryl methyl sites for hydroxylation is 1. The Morgan fingerprint density at radius 2 is 1.82 bits per heavy atom. The van der Waals surface area contributed by atoms with E-state index in [0.29, 0.717) is 12.2 Å². The van der Waals surface area contributed by atoms with Gasteiger partial charge in [-0.05, 0) is 23.3 Å². The summed E-state index contributed by atoms with van der Waals surface area (Å²) in [5.74, 6) is -0.468. The largest absolute Gasteiger partial charge is 0.467 e. The Balaban J connectivity index is 1.66. The first-order valence-electron chi connectivity index (χ1n) is 8.81. The van der Waals surface area contributed by atoms with Crippen molar-refractivity contribution in [2.24, 2.45) is 0 Å². The van der Waals surface area contributed by atoms with Crippen LogP contribution in [0.1, 0.15) is 11.1 Å². The smallest absolute Gasteiger partial charge is 0.328 e. The predicted molar refractivity (Wildman–Crippen MR) is 102 cm³/mol. The lowest BCUT2D eigenvalue weighted by Crippen LogP contribution is -2.44. The summed E-state index contributed by atoms with van der Waals surface area (Å²) in [6.45, 7) is 1.80. The van der Waals surface area contributed by atoms with Crippen molar-refractivity contribution in [1.29, 1.82) is 0 Å². The third-order valence-corrected chi connectivity index (χ3v) is 4.23. The van der Waals surface area contributed by atoms with Gasteiger partial charge in [-0.3, -0.25) is 4.79 Å². The molecule has 0 spiro atoms. The minimum Gasteiger partial charge on any atom is -0.467 e. The lowest BCUT2D eigenvalue weighted by atomic mass is 10.1. The second kappa shape index (κ2) is 8.90. The van der Waals surface area contributed by atoms with Crippen molar-refractivity contribution in [2.75, 3.05) is 7.11 Å². The van der Waals surface area contributed by atoms with E-state index in [1.165, 1.54) is 11.9 Å². The summed E-state index contributed by atoms with van der Waals surface area (Å²) < 4.78 is 4.81. The molecule has 3 rings (SSSR count). The molecule has 0 fully saturated rings. The number of methoxy groups -OCH3 is 1. The minimum atomic E-state index is -0.792. The number of ether oxygens (including phenoxy) is 1. The molecule has 1 heterocycles. The maximum atomic E-state index is 12.4. The lowest BCUT2D eigenvalue weighted by Gasteiger charge is -2.16. The zero-order chi connectivity index (χ0) is 19.9. The number of benzene rings is 2. The molecule has 0 saturated carbocycles. The van der Waals surface area contributed by atoms with Crippen LogP contribution in [0.4, 0.5) is 0 Å². The summed E-state index contributed by atoms with van der Waals surface area (Å²) >= 11 is 0. The van der Waals surface area contributed by atoms with Gasteiger partial charge in [-0.25, -0.2) is 4.79 Å². The van der Waals surface area contributed by atoms with Crippen LogP contribution in [0.2, 0.25) is 0 Å². The van der Waals surface area contributed by atoms with Crippen molar-refractivity contribution in [3.05, 3.63) is 65.7 Å². The highest BCUT2D eigenvalue weighted by Crippen LogP contribution is 2.17. The fraction of sp³-hybridized carbons (Fsp3) is 0.250. The highest BCUT2D eigenvalue weighted by atomic mass is 16.5. The molecule has 0 saturated heterocycles. The van der Waals surface area contributed by atoms with E-state index in [1.54, 1.807) is 0 Å². The molecule has 8 nitrogen and oxygen atoms in total. The van der Waals surface area contributed by atoms with Gasteiger partial charge in [-0.1, -0.05) is 54.6 Å². The third kappa shape index (κ3) is 4.79. The van der Waals surface area contributed by atoms with Gasteiger partial charge in [0.25, 0.3) is 0 Å². The molecule has 144 valence electrons. The SMILES string of the molecule is COC(=O)[C@@H](Cc1ccccc1)NC(=O)Cn1nnc(-c2ccccc2C)n1. The maximum absolute atomic E-state index is 12.4. The van der Waals surface area contributed by atoms with Crippen LogP contribution < -0.4 is 5.32 Å². The van der Waals surface area contributed by atoms with Gasteiger partial charge in [0.2, 0.25) is 11.7 Å². The summed E-state index contributed by atoms with van der Waals surface area (Å²) in [4.78, 5) is 25.6. The third-order valence-electron chi connectivity index (χ3n) is 4.23. The molecule has 8 heteroatoms. The number of nitrogens with one attached hydrogen (secondary N) is 1. The number of hydrogen-bond donors (Lipinski definition) is 1. The fourth-order valence-electron chi connectivity index (χ4n) is 2.80. The van der Waals surface area contributed by atoms with E-state index in [0.717, 1.165) is 16.7 Å². The van der Waals surface area contributed by atoms with Gasteiger partial charge in [0.1, 0.15) is 12.6 Å². The number of aromatic nitrogens is 4. The van der Waals surface area contributed by atoms with Crippen LogP contribution in [0.3, 0.4) is 0 Å². The Bertz CT molecular complexity index is 955. The molecule has 3 aromatic rings. The van der Waals surface area contributed by atoms with Crippen molar-refractivity contribution in [3.63, 3.8) is 0 Å². The molecule has 1 amide bonds. The average molecular weight is 379 g/mol. The number of rotatable bonds is 7. The number of amides is 1. The number of hydrogen-bond acceptors (Lipinski definition) is 6. The van der Waals surface area contributed by atoms with E-state index >= 15 is 0 Å². The average Bonchev–Trinajstić information content (AvgIpc) is 3.16. The summed E-state index contributed by atoms with van der Waals surface area (Å²) in [7, 11) is 1.29. The first kappa shape index (κ1) is 19.2. The number of carbonyl (C=O) groups is 2. The van der Waals surface area contributed by atoms with Crippen LogP contribution in [-0.4, -0.2) is 45.2 Å². The first-order chi connectivity index (χ1) is 13.6. The molecule has 0 aliphatic heterocycles. The molecule has 1 aromatic heterocycles. The fourth-order valence-corrected chi connectivity index (χ4v) is 2.80. The van der Waals surface area contributed by atoms with Crippen LogP contribution in [0.25, 0.3) is 11.4 Å². The van der Waals surface area contributed by atoms with E-state index in [4.69, 9.17) is 4.74 Å². The number of tetrazole rings is 1. The Labute approximate surface area is 162 Å². The minimum absolute atomic E-state index is 0.152. The Morgan fingerprint density at radius 3 is 2.54 bits per heavy atom. The first-order valence-corrected chi connectivity index (χ1v) is 8.81. The molecule has 28 heavy (non-hydrogen) atoms. The molecular weight excluding hydrogens is 358 g/mol. The van der Waals surface area contributed by atoms with Crippen molar-refractivity contribution < 1.29 is 14.3 Å². The van der Waals surface area contributed by atoms with E-state index in [-0.39, 0.29) is 6.54 Å². The second-order valence-corrected chi connectivity index (χ2v) is 6.29. The summed E-state index contributed by atoms with van der Waals surface area (Å²) in [6.07, 6.45) is 0.332. The monoisotopic (exact) mass is 379 g/mol. The van der Waals surface area contributed by atoms with Crippen LogP contribution in [-0.2, 0) is 27.3 Å². The lowest BCUT2D eigenvalue weighted by molar-refractivity contribution is -0.145. The Hall–Kier alpha value is -3.55. The molecular formula is C20H21N5O3. The van der Waals surface area contributed by atoms with E-state index in [9.17, 15) is 9.59 Å². The van der Waals surface area contributed by atoms with Gasteiger partial charge in [0.05, 0.1) is 7.11 Å². The topological polar surface area (TPSA) is 99.0 Å². The zero-order valence-corrected chi connectivity index (χ0v) is 15.7. The Morgan fingerprint density at radius 1 is 1.11 bits per heavy atom. The molecule has 0 unspecified atom stereocenters. The number of carbonyl (C=O) groups excluding carboxylic acids is 2. The molecule has 1 N–H and O–H groups in total. The highest BCUT2D eigenvalue weighted by molar-refractivity contribution is 5.84. The Kier molecular flexibility index (Phi) is 6.11. The molecule has 0 bridgehead atoms. The number of nitrogens with zero attached hydrogens (tertiary/aromatic N) is 4. The van der Waals surface area contributed by atoms with E-state index < -0.39 is 17.9 Å². The maximum Gasteiger partial charge on any atom is 0.328 e. The molecule has 1 atom stereocenters.